The van der Waals surface area contributed by atoms with Crippen LogP contribution in [0.15, 0.2) is 72.8 Å². The summed E-state index contributed by atoms with van der Waals surface area (Å²) in [5.41, 5.74) is 10.5. The predicted molar refractivity (Wildman–Crippen MR) is 161 cm³/mol. The molecule has 1 aliphatic carbocycles. The standard InChI is InChI=1S/C34H33NO.C2H6/c1-32(2)22-12-8-9-13-23(22)33(3,4)26-18-28-20(16-25(26)32)21-17-31-27(19-29(21)35(28)7)34(5,6)24-14-10-11-15-30(24)36-31;1-2/h8-19H,1-7H3;1-2H3. The number of nitrogens with zero attached hydrogens (tertiary/aromatic N) is 1. The highest BCUT2D eigenvalue weighted by atomic mass is 16.5. The van der Waals surface area contributed by atoms with Crippen LogP contribution >= 0.6 is 0 Å². The molecule has 0 fully saturated rings. The molecule has 0 saturated carbocycles. The molecule has 0 amide bonds. The lowest BCUT2D eigenvalue weighted by molar-refractivity contribution is 0.419. The molecule has 0 radical (unpaired) electrons. The van der Waals surface area contributed by atoms with Gasteiger partial charge in [-0.25, -0.2) is 0 Å². The summed E-state index contributed by atoms with van der Waals surface area (Å²) < 4.78 is 8.88. The lowest BCUT2D eigenvalue weighted by Gasteiger charge is -2.44. The Morgan fingerprint density at radius 3 is 1.55 bits per heavy atom. The third-order valence-corrected chi connectivity index (χ3v) is 9.32. The highest BCUT2D eigenvalue weighted by Crippen LogP contribution is 2.53. The van der Waals surface area contributed by atoms with Crippen molar-refractivity contribution in [3.05, 3.63) is 106 Å². The van der Waals surface area contributed by atoms with Gasteiger partial charge in [0.2, 0.25) is 0 Å². The van der Waals surface area contributed by atoms with Crippen LogP contribution in [0.2, 0.25) is 0 Å². The number of aryl methyl sites for hydroxylation is 1. The predicted octanol–water partition coefficient (Wildman–Crippen LogP) is 9.75. The van der Waals surface area contributed by atoms with E-state index in [0.29, 0.717) is 0 Å². The SMILES string of the molecule is CC.Cn1c2cc3c(cc2c2cc4c(cc21)C(C)(C)c1ccccc1C4(C)C)Oc1ccccc1C3(C)C. The molecule has 0 N–H and O–H groups in total. The molecule has 0 atom stereocenters. The Morgan fingerprint density at radius 1 is 0.500 bits per heavy atom. The van der Waals surface area contributed by atoms with Crippen LogP contribution in [0.1, 0.15) is 88.8 Å². The van der Waals surface area contributed by atoms with Crippen molar-refractivity contribution in [3.63, 3.8) is 0 Å². The van der Waals surface area contributed by atoms with Crippen molar-refractivity contribution in [3.8, 4) is 11.5 Å². The third-order valence-electron chi connectivity index (χ3n) is 9.32. The van der Waals surface area contributed by atoms with Gasteiger partial charge < -0.3 is 9.30 Å². The van der Waals surface area contributed by atoms with Gasteiger partial charge in [-0.3, -0.25) is 0 Å². The number of aromatic nitrogens is 1. The first-order valence-corrected chi connectivity index (χ1v) is 14.0. The van der Waals surface area contributed by atoms with Crippen molar-refractivity contribution >= 4 is 21.8 Å². The molecule has 5 aromatic rings. The molecular formula is C36H39NO. The maximum Gasteiger partial charge on any atom is 0.132 e. The molecule has 0 saturated heterocycles. The van der Waals surface area contributed by atoms with E-state index < -0.39 is 0 Å². The van der Waals surface area contributed by atoms with Crippen molar-refractivity contribution < 1.29 is 4.74 Å². The Kier molecular flexibility index (Phi) is 5.21. The van der Waals surface area contributed by atoms with E-state index >= 15 is 0 Å². The van der Waals surface area contributed by atoms with Gasteiger partial charge in [-0.1, -0.05) is 97.9 Å². The molecule has 4 aromatic carbocycles. The molecular weight excluding hydrogens is 462 g/mol. The molecule has 2 aliphatic rings. The summed E-state index contributed by atoms with van der Waals surface area (Å²) in [6.07, 6.45) is 0. The van der Waals surface area contributed by atoms with Gasteiger partial charge in [0.15, 0.2) is 0 Å². The van der Waals surface area contributed by atoms with Crippen LogP contribution in [0.25, 0.3) is 21.8 Å². The highest BCUT2D eigenvalue weighted by molar-refractivity contribution is 6.10. The molecule has 0 spiro atoms. The van der Waals surface area contributed by atoms with E-state index in [-0.39, 0.29) is 16.2 Å². The summed E-state index contributed by atoms with van der Waals surface area (Å²) in [5.74, 6) is 1.94. The molecule has 0 unspecified atom stereocenters. The minimum absolute atomic E-state index is 0.0575. The second kappa shape index (κ2) is 7.99. The van der Waals surface area contributed by atoms with Gasteiger partial charge in [-0.15, -0.1) is 0 Å². The highest BCUT2D eigenvalue weighted by Gasteiger charge is 2.42. The number of hydrogen-bond donors (Lipinski definition) is 0. The van der Waals surface area contributed by atoms with Gasteiger partial charge in [0.05, 0.1) is 0 Å². The van der Waals surface area contributed by atoms with Crippen LogP contribution in [-0.4, -0.2) is 4.57 Å². The minimum Gasteiger partial charge on any atom is -0.457 e. The van der Waals surface area contributed by atoms with Crippen LogP contribution in [0.5, 0.6) is 11.5 Å². The monoisotopic (exact) mass is 501 g/mol. The third kappa shape index (κ3) is 3.06. The lowest BCUT2D eigenvalue weighted by atomic mass is 9.60. The molecule has 1 aliphatic heterocycles. The second-order valence-corrected chi connectivity index (χ2v) is 12.4. The van der Waals surface area contributed by atoms with Crippen LogP contribution < -0.4 is 4.74 Å². The van der Waals surface area contributed by atoms with Crippen molar-refractivity contribution in [2.45, 2.75) is 71.6 Å². The number of para-hydroxylation sites is 1. The zero-order valence-corrected chi connectivity index (χ0v) is 24.3. The fourth-order valence-corrected chi connectivity index (χ4v) is 7.08. The van der Waals surface area contributed by atoms with Crippen LogP contribution in [0.3, 0.4) is 0 Å². The first-order valence-electron chi connectivity index (χ1n) is 14.0. The van der Waals surface area contributed by atoms with E-state index in [1.165, 1.54) is 55.2 Å². The smallest absolute Gasteiger partial charge is 0.132 e. The van der Waals surface area contributed by atoms with Gasteiger partial charge >= 0.3 is 0 Å². The number of ether oxygens (including phenoxy) is 1. The quantitative estimate of drug-likeness (QED) is 0.206. The molecule has 7 rings (SSSR count). The summed E-state index contributed by atoms with van der Waals surface area (Å²) >= 11 is 0. The largest absolute Gasteiger partial charge is 0.457 e. The number of fused-ring (bicyclic) bond motifs is 7. The normalized spacial score (nSPS) is 17.4. The van der Waals surface area contributed by atoms with E-state index in [0.717, 1.165) is 11.5 Å². The first-order chi connectivity index (χ1) is 18.0. The molecule has 2 heteroatoms. The number of rotatable bonds is 0. The van der Waals surface area contributed by atoms with E-state index in [4.69, 9.17) is 4.74 Å². The minimum atomic E-state index is -0.125. The van der Waals surface area contributed by atoms with E-state index in [9.17, 15) is 0 Å². The Balaban J connectivity index is 0.00000129. The summed E-state index contributed by atoms with van der Waals surface area (Å²) in [4.78, 5) is 0. The van der Waals surface area contributed by atoms with Crippen LogP contribution in [0, 0.1) is 0 Å². The van der Waals surface area contributed by atoms with Crippen LogP contribution in [-0.2, 0) is 23.3 Å². The van der Waals surface area contributed by atoms with Gasteiger partial charge in [0.25, 0.3) is 0 Å². The molecule has 194 valence electrons. The van der Waals surface area contributed by atoms with E-state index in [1.54, 1.807) is 0 Å². The van der Waals surface area contributed by atoms with Gasteiger partial charge in [0.1, 0.15) is 11.5 Å². The van der Waals surface area contributed by atoms with E-state index in [1.807, 2.05) is 13.8 Å². The second-order valence-electron chi connectivity index (χ2n) is 12.4. The summed E-state index contributed by atoms with van der Waals surface area (Å²) in [6.45, 7) is 18.1. The fraction of sp³-hybridized carbons (Fsp3) is 0.333. The van der Waals surface area contributed by atoms with Crippen molar-refractivity contribution in [1.82, 2.24) is 4.57 Å². The summed E-state index contributed by atoms with van der Waals surface area (Å²) in [7, 11) is 2.21. The summed E-state index contributed by atoms with van der Waals surface area (Å²) in [6, 6.07) is 27.0. The molecule has 1 aromatic heterocycles. The maximum absolute atomic E-state index is 6.50. The van der Waals surface area contributed by atoms with Crippen molar-refractivity contribution in [1.29, 1.82) is 0 Å². The average Bonchev–Trinajstić information content (AvgIpc) is 3.18. The zero-order valence-electron chi connectivity index (χ0n) is 24.3. The Bertz CT molecular complexity index is 1750. The molecule has 2 nitrogen and oxygen atoms in total. The number of benzene rings is 4. The van der Waals surface area contributed by atoms with E-state index in [2.05, 4.69) is 126 Å². The van der Waals surface area contributed by atoms with Crippen molar-refractivity contribution in [2.24, 2.45) is 7.05 Å². The summed E-state index contributed by atoms with van der Waals surface area (Å²) in [5, 5.41) is 2.56. The lowest BCUT2D eigenvalue weighted by Crippen LogP contribution is -2.36. The fourth-order valence-electron chi connectivity index (χ4n) is 7.08. The van der Waals surface area contributed by atoms with Gasteiger partial charge in [-0.2, -0.15) is 0 Å². The molecule has 2 heterocycles. The van der Waals surface area contributed by atoms with Gasteiger partial charge in [-0.05, 0) is 52.6 Å². The Hall–Kier alpha value is -3.52. The van der Waals surface area contributed by atoms with Crippen LogP contribution in [0.4, 0.5) is 0 Å². The molecule has 38 heavy (non-hydrogen) atoms. The Morgan fingerprint density at radius 2 is 0.947 bits per heavy atom. The average molecular weight is 502 g/mol. The molecule has 0 bridgehead atoms. The Labute approximate surface area is 227 Å². The maximum atomic E-state index is 6.50. The first kappa shape index (κ1) is 24.8. The van der Waals surface area contributed by atoms with Crippen molar-refractivity contribution in [2.75, 3.05) is 0 Å². The zero-order chi connectivity index (χ0) is 27.2. The topological polar surface area (TPSA) is 14.2 Å². The number of hydrogen-bond acceptors (Lipinski definition) is 1. The van der Waals surface area contributed by atoms with Gasteiger partial charge in [0, 0.05) is 56.2 Å².